The minimum Gasteiger partial charge on any atom is -0.468 e. The van der Waals surface area contributed by atoms with Crippen LogP contribution in [0.3, 0.4) is 0 Å². The van der Waals surface area contributed by atoms with Crippen molar-refractivity contribution in [3.05, 3.63) is 65.7 Å². The first-order valence-corrected chi connectivity index (χ1v) is 7.22. The Hall–Kier alpha value is -2.53. The predicted octanol–water partition coefficient (Wildman–Crippen LogP) is 3.40. The number of nitrogens with zero attached hydrogens (tertiary/aromatic N) is 2. The summed E-state index contributed by atoms with van der Waals surface area (Å²) in [7, 11) is 1.89. The fraction of sp³-hybridized carbons (Fsp3) is 0.235. The number of hydrogen-bond acceptors (Lipinski definition) is 4. The van der Waals surface area contributed by atoms with Crippen LogP contribution in [0, 0.1) is 6.92 Å². The van der Waals surface area contributed by atoms with E-state index in [4.69, 9.17) is 9.15 Å². The summed E-state index contributed by atoms with van der Waals surface area (Å²) in [6, 6.07) is 13.6. The molecular weight excluding hydrogens is 278 g/mol. The summed E-state index contributed by atoms with van der Waals surface area (Å²) in [5.74, 6) is 2.47. The molecule has 1 aromatic carbocycles. The van der Waals surface area contributed by atoms with Crippen LogP contribution in [0.4, 0.5) is 0 Å². The molecule has 0 fully saturated rings. The molecule has 0 saturated heterocycles. The van der Waals surface area contributed by atoms with Crippen molar-refractivity contribution in [3.63, 3.8) is 0 Å². The topological polar surface area (TPSA) is 52.2 Å². The first-order valence-electron chi connectivity index (χ1n) is 7.22. The van der Waals surface area contributed by atoms with E-state index in [1.807, 2.05) is 56.4 Å². The van der Waals surface area contributed by atoms with Gasteiger partial charge in [0.2, 0.25) is 5.88 Å². The Labute approximate surface area is 129 Å². The zero-order valence-corrected chi connectivity index (χ0v) is 12.7. The standard InChI is InChI=1S/C17H19N3O2/c1-13-16(12-18-11-15-9-6-10-21-15)17(20(2)19-13)22-14-7-4-3-5-8-14/h3-10,18H,11-12H2,1-2H3. The molecule has 114 valence electrons. The number of aromatic nitrogens is 2. The second-order valence-electron chi connectivity index (χ2n) is 5.09. The van der Waals surface area contributed by atoms with E-state index < -0.39 is 0 Å². The van der Waals surface area contributed by atoms with Crippen molar-refractivity contribution in [2.24, 2.45) is 7.05 Å². The third-order valence-corrected chi connectivity index (χ3v) is 3.43. The Morgan fingerprint density at radius 3 is 2.68 bits per heavy atom. The summed E-state index contributed by atoms with van der Waals surface area (Å²) >= 11 is 0. The highest BCUT2D eigenvalue weighted by molar-refractivity contribution is 5.35. The van der Waals surface area contributed by atoms with Crippen LogP contribution in [-0.4, -0.2) is 9.78 Å². The fourth-order valence-corrected chi connectivity index (χ4v) is 2.34. The number of ether oxygens (including phenoxy) is 1. The molecular formula is C17H19N3O2. The van der Waals surface area contributed by atoms with Crippen molar-refractivity contribution in [1.82, 2.24) is 15.1 Å². The summed E-state index contributed by atoms with van der Waals surface area (Å²) in [6.45, 7) is 3.33. The maximum absolute atomic E-state index is 5.99. The van der Waals surface area contributed by atoms with E-state index in [1.165, 1.54) is 0 Å². The van der Waals surface area contributed by atoms with Crippen molar-refractivity contribution in [1.29, 1.82) is 0 Å². The van der Waals surface area contributed by atoms with Gasteiger partial charge in [-0.2, -0.15) is 5.10 Å². The van der Waals surface area contributed by atoms with Gasteiger partial charge >= 0.3 is 0 Å². The molecule has 22 heavy (non-hydrogen) atoms. The van der Waals surface area contributed by atoms with Gasteiger partial charge in [0.15, 0.2) is 0 Å². The van der Waals surface area contributed by atoms with Gasteiger partial charge in [-0.05, 0) is 31.2 Å². The maximum atomic E-state index is 5.99. The lowest BCUT2D eigenvalue weighted by atomic mass is 10.2. The molecule has 0 aliphatic heterocycles. The zero-order chi connectivity index (χ0) is 15.4. The molecule has 0 saturated carbocycles. The minimum absolute atomic E-state index is 0.669. The Morgan fingerprint density at radius 1 is 1.14 bits per heavy atom. The van der Waals surface area contributed by atoms with Crippen molar-refractivity contribution in [3.8, 4) is 11.6 Å². The summed E-state index contributed by atoms with van der Waals surface area (Å²) in [4.78, 5) is 0. The van der Waals surface area contributed by atoms with Crippen LogP contribution in [0.15, 0.2) is 53.1 Å². The molecule has 0 aliphatic carbocycles. The third-order valence-electron chi connectivity index (χ3n) is 3.43. The van der Waals surface area contributed by atoms with E-state index in [9.17, 15) is 0 Å². The number of nitrogens with one attached hydrogen (secondary N) is 1. The van der Waals surface area contributed by atoms with Crippen LogP contribution in [0.25, 0.3) is 0 Å². The van der Waals surface area contributed by atoms with Gasteiger partial charge in [-0.25, -0.2) is 4.68 Å². The third kappa shape index (κ3) is 3.20. The van der Waals surface area contributed by atoms with E-state index in [0.717, 1.165) is 28.6 Å². The van der Waals surface area contributed by atoms with Gasteiger partial charge < -0.3 is 14.5 Å². The SMILES string of the molecule is Cc1nn(C)c(Oc2ccccc2)c1CNCc1ccco1. The molecule has 0 spiro atoms. The lowest BCUT2D eigenvalue weighted by Gasteiger charge is -2.09. The van der Waals surface area contributed by atoms with Crippen LogP contribution in [0.2, 0.25) is 0 Å². The fourth-order valence-electron chi connectivity index (χ4n) is 2.34. The predicted molar refractivity (Wildman–Crippen MR) is 83.7 cm³/mol. The van der Waals surface area contributed by atoms with Gasteiger partial charge in [-0.3, -0.25) is 0 Å². The lowest BCUT2D eigenvalue weighted by molar-refractivity contribution is 0.422. The molecule has 2 aromatic heterocycles. The molecule has 1 N–H and O–H groups in total. The second-order valence-corrected chi connectivity index (χ2v) is 5.09. The molecule has 5 heteroatoms. The molecule has 2 heterocycles. The number of furan rings is 1. The van der Waals surface area contributed by atoms with Gasteiger partial charge in [-0.15, -0.1) is 0 Å². The summed E-state index contributed by atoms with van der Waals surface area (Å²) in [5.41, 5.74) is 2.01. The molecule has 0 amide bonds. The molecule has 5 nitrogen and oxygen atoms in total. The molecule has 0 unspecified atom stereocenters. The number of benzene rings is 1. The quantitative estimate of drug-likeness (QED) is 0.757. The average Bonchev–Trinajstić information content (AvgIpc) is 3.12. The number of hydrogen-bond donors (Lipinski definition) is 1. The van der Waals surface area contributed by atoms with Crippen molar-refractivity contribution < 1.29 is 9.15 Å². The summed E-state index contributed by atoms with van der Waals surface area (Å²) in [6.07, 6.45) is 1.68. The van der Waals surface area contributed by atoms with E-state index in [0.29, 0.717) is 13.1 Å². The Bertz CT molecular complexity index is 718. The normalized spacial score (nSPS) is 10.8. The van der Waals surface area contributed by atoms with E-state index in [1.54, 1.807) is 10.9 Å². The first-order chi connectivity index (χ1) is 10.7. The first kappa shape index (κ1) is 14.4. The summed E-state index contributed by atoms with van der Waals surface area (Å²) in [5, 5.41) is 7.81. The van der Waals surface area contributed by atoms with Crippen molar-refractivity contribution in [2.45, 2.75) is 20.0 Å². The Balaban J connectivity index is 1.72. The van der Waals surface area contributed by atoms with Crippen molar-refractivity contribution in [2.75, 3.05) is 0 Å². The lowest BCUT2D eigenvalue weighted by Crippen LogP contribution is -2.13. The molecule has 0 radical (unpaired) electrons. The van der Waals surface area contributed by atoms with Crippen molar-refractivity contribution >= 4 is 0 Å². The molecule has 3 aromatic rings. The molecule has 3 rings (SSSR count). The largest absolute Gasteiger partial charge is 0.468 e. The monoisotopic (exact) mass is 297 g/mol. The molecule has 0 bridgehead atoms. The van der Waals surface area contributed by atoms with Crippen LogP contribution >= 0.6 is 0 Å². The van der Waals surface area contributed by atoms with Gasteiger partial charge in [0, 0.05) is 13.6 Å². The highest BCUT2D eigenvalue weighted by Crippen LogP contribution is 2.27. The highest BCUT2D eigenvalue weighted by Gasteiger charge is 2.15. The van der Waals surface area contributed by atoms with E-state index in [-0.39, 0.29) is 0 Å². The highest BCUT2D eigenvalue weighted by atomic mass is 16.5. The molecule has 0 atom stereocenters. The van der Waals surface area contributed by atoms with Gasteiger partial charge in [0.05, 0.1) is 24.1 Å². The van der Waals surface area contributed by atoms with Gasteiger partial charge in [0.1, 0.15) is 11.5 Å². The number of para-hydroxylation sites is 1. The van der Waals surface area contributed by atoms with Gasteiger partial charge in [0.25, 0.3) is 0 Å². The Morgan fingerprint density at radius 2 is 1.95 bits per heavy atom. The number of aryl methyl sites for hydroxylation is 2. The maximum Gasteiger partial charge on any atom is 0.222 e. The smallest absolute Gasteiger partial charge is 0.222 e. The Kier molecular flexibility index (Phi) is 4.25. The van der Waals surface area contributed by atoms with Gasteiger partial charge in [-0.1, -0.05) is 18.2 Å². The number of rotatable bonds is 6. The van der Waals surface area contributed by atoms with Crippen LogP contribution in [-0.2, 0) is 20.1 Å². The second kappa shape index (κ2) is 6.49. The molecule has 0 aliphatic rings. The van der Waals surface area contributed by atoms with Crippen LogP contribution in [0.5, 0.6) is 11.6 Å². The summed E-state index contributed by atoms with van der Waals surface area (Å²) < 4.78 is 13.1. The average molecular weight is 297 g/mol. The zero-order valence-electron chi connectivity index (χ0n) is 12.7. The minimum atomic E-state index is 0.669. The van der Waals surface area contributed by atoms with E-state index in [2.05, 4.69) is 10.4 Å². The van der Waals surface area contributed by atoms with Crippen LogP contribution < -0.4 is 10.1 Å². The van der Waals surface area contributed by atoms with Crippen LogP contribution in [0.1, 0.15) is 17.0 Å². The van der Waals surface area contributed by atoms with E-state index >= 15 is 0 Å².